The normalized spacial score (nSPS) is 21.2. The van der Waals surface area contributed by atoms with Crippen molar-refractivity contribution in [2.45, 2.75) is 64.9 Å². The van der Waals surface area contributed by atoms with Crippen molar-refractivity contribution in [1.82, 2.24) is 4.90 Å². The lowest BCUT2D eigenvalue weighted by Gasteiger charge is -2.42. The lowest BCUT2D eigenvalue weighted by Crippen LogP contribution is -2.47. The molecule has 1 rings (SSSR count). The summed E-state index contributed by atoms with van der Waals surface area (Å²) in [6.45, 7) is 9.75. The molecule has 0 aromatic carbocycles. The van der Waals surface area contributed by atoms with Crippen LogP contribution in [-0.4, -0.2) is 41.0 Å². The van der Waals surface area contributed by atoms with Crippen LogP contribution in [0.25, 0.3) is 0 Å². The summed E-state index contributed by atoms with van der Waals surface area (Å²) in [5.74, 6) is 0.988. The van der Waals surface area contributed by atoms with E-state index in [9.17, 15) is 5.11 Å². The summed E-state index contributed by atoms with van der Waals surface area (Å²) in [4.78, 5) is 2.54. The lowest BCUT2D eigenvalue weighted by atomic mass is 9.79. The maximum absolute atomic E-state index is 10.0. The Kier molecular flexibility index (Phi) is 6.49. The van der Waals surface area contributed by atoms with E-state index in [1.165, 1.54) is 25.7 Å². The SMILES string of the molecule is CCCC(CS)(CCC)CN1CCC(C)(O)CC1. The van der Waals surface area contributed by atoms with Crippen molar-refractivity contribution in [2.24, 2.45) is 5.41 Å². The first-order valence-electron chi connectivity index (χ1n) is 7.52. The Balaban J connectivity index is 2.55. The molecule has 0 aromatic rings. The smallest absolute Gasteiger partial charge is 0.0644 e. The fourth-order valence-electron chi connectivity index (χ4n) is 3.22. The van der Waals surface area contributed by atoms with Crippen LogP contribution in [0.4, 0.5) is 0 Å². The Hall–Kier alpha value is 0.270. The first kappa shape index (κ1) is 16.3. The van der Waals surface area contributed by atoms with Gasteiger partial charge in [-0.2, -0.15) is 12.6 Å². The highest BCUT2D eigenvalue weighted by molar-refractivity contribution is 7.80. The molecule has 0 spiro atoms. The van der Waals surface area contributed by atoms with E-state index in [1.54, 1.807) is 0 Å². The fourth-order valence-corrected chi connectivity index (χ4v) is 3.64. The third kappa shape index (κ3) is 4.75. The van der Waals surface area contributed by atoms with E-state index in [0.717, 1.165) is 38.2 Å². The van der Waals surface area contributed by atoms with E-state index in [2.05, 4.69) is 31.4 Å². The Labute approximate surface area is 119 Å². The Morgan fingerprint density at radius 2 is 1.67 bits per heavy atom. The molecule has 0 aliphatic carbocycles. The van der Waals surface area contributed by atoms with Gasteiger partial charge in [-0.05, 0) is 43.8 Å². The third-order valence-corrected chi connectivity index (χ3v) is 5.06. The van der Waals surface area contributed by atoms with Crippen molar-refractivity contribution in [1.29, 1.82) is 0 Å². The molecule has 1 aliphatic rings. The second kappa shape index (κ2) is 7.16. The highest BCUT2D eigenvalue weighted by atomic mass is 32.1. The van der Waals surface area contributed by atoms with Gasteiger partial charge >= 0.3 is 0 Å². The number of hydrogen-bond donors (Lipinski definition) is 2. The Bertz CT molecular complexity index is 227. The summed E-state index contributed by atoms with van der Waals surface area (Å²) in [5.41, 5.74) is -0.0502. The van der Waals surface area contributed by atoms with Gasteiger partial charge in [0.1, 0.15) is 0 Å². The highest BCUT2D eigenvalue weighted by Crippen LogP contribution is 2.34. The summed E-state index contributed by atoms with van der Waals surface area (Å²) >= 11 is 4.63. The van der Waals surface area contributed by atoms with E-state index < -0.39 is 5.60 Å². The van der Waals surface area contributed by atoms with E-state index >= 15 is 0 Å². The minimum atomic E-state index is -0.435. The summed E-state index contributed by atoms with van der Waals surface area (Å²) < 4.78 is 0. The third-order valence-electron chi connectivity index (χ3n) is 4.39. The molecule has 3 heteroatoms. The van der Waals surface area contributed by atoms with Gasteiger partial charge in [0.05, 0.1) is 5.60 Å². The lowest BCUT2D eigenvalue weighted by molar-refractivity contribution is -0.0157. The molecule has 1 aliphatic heterocycles. The standard InChI is InChI=1S/C15H31NOS/c1-4-6-15(13-18,7-5-2)12-16-10-8-14(3,17)9-11-16/h17-18H,4-13H2,1-3H3. The van der Waals surface area contributed by atoms with E-state index in [1.807, 2.05) is 6.92 Å². The van der Waals surface area contributed by atoms with Gasteiger partial charge in [0, 0.05) is 19.6 Å². The van der Waals surface area contributed by atoms with E-state index in [-0.39, 0.29) is 0 Å². The number of nitrogens with zero attached hydrogens (tertiary/aromatic N) is 1. The average Bonchev–Trinajstić information content (AvgIpc) is 2.32. The van der Waals surface area contributed by atoms with Crippen LogP contribution < -0.4 is 0 Å². The second-order valence-corrected chi connectivity index (χ2v) is 6.75. The minimum Gasteiger partial charge on any atom is -0.390 e. The Morgan fingerprint density at radius 3 is 2.06 bits per heavy atom. The molecule has 1 N–H and O–H groups in total. The van der Waals surface area contributed by atoms with Gasteiger partial charge in [-0.15, -0.1) is 0 Å². The van der Waals surface area contributed by atoms with Crippen molar-refractivity contribution in [3.63, 3.8) is 0 Å². The molecule has 1 heterocycles. The van der Waals surface area contributed by atoms with Gasteiger partial charge in [0.25, 0.3) is 0 Å². The van der Waals surface area contributed by atoms with Crippen molar-refractivity contribution in [2.75, 3.05) is 25.4 Å². The number of aliphatic hydroxyl groups is 1. The molecule has 0 radical (unpaired) electrons. The largest absolute Gasteiger partial charge is 0.390 e. The zero-order valence-electron chi connectivity index (χ0n) is 12.4. The van der Waals surface area contributed by atoms with Crippen LogP contribution in [0.1, 0.15) is 59.3 Å². The van der Waals surface area contributed by atoms with Gasteiger partial charge in [0.15, 0.2) is 0 Å². The molecule has 0 saturated carbocycles. The maximum Gasteiger partial charge on any atom is 0.0644 e. The van der Waals surface area contributed by atoms with Crippen LogP contribution in [0.2, 0.25) is 0 Å². The van der Waals surface area contributed by atoms with Crippen LogP contribution >= 0.6 is 12.6 Å². The predicted molar refractivity (Wildman–Crippen MR) is 82.4 cm³/mol. The van der Waals surface area contributed by atoms with Gasteiger partial charge in [0.2, 0.25) is 0 Å². The minimum absolute atomic E-state index is 0.385. The molecule has 1 saturated heterocycles. The molecule has 0 atom stereocenters. The molecule has 108 valence electrons. The average molecular weight is 273 g/mol. The fraction of sp³-hybridized carbons (Fsp3) is 1.00. The zero-order valence-corrected chi connectivity index (χ0v) is 13.3. The summed E-state index contributed by atoms with van der Waals surface area (Å²) in [6.07, 6.45) is 6.86. The van der Waals surface area contributed by atoms with Crippen molar-refractivity contribution < 1.29 is 5.11 Å². The monoisotopic (exact) mass is 273 g/mol. The molecule has 0 unspecified atom stereocenters. The number of thiol groups is 1. The molecule has 0 aromatic heterocycles. The number of hydrogen-bond acceptors (Lipinski definition) is 3. The number of piperidine rings is 1. The Morgan fingerprint density at radius 1 is 1.17 bits per heavy atom. The molecule has 0 amide bonds. The van der Waals surface area contributed by atoms with Gasteiger partial charge in [-0.3, -0.25) is 0 Å². The van der Waals surface area contributed by atoms with Crippen molar-refractivity contribution in [3.8, 4) is 0 Å². The van der Waals surface area contributed by atoms with Crippen LogP contribution in [-0.2, 0) is 0 Å². The topological polar surface area (TPSA) is 23.5 Å². The maximum atomic E-state index is 10.0. The number of rotatable bonds is 7. The quantitative estimate of drug-likeness (QED) is 0.695. The predicted octanol–water partition coefficient (Wildman–Crippen LogP) is 3.35. The van der Waals surface area contributed by atoms with Gasteiger partial charge in [-0.1, -0.05) is 26.7 Å². The molecule has 18 heavy (non-hydrogen) atoms. The van der Waals surface area contributed by atoms with Crippen LogP contribution in [0.15, 0.2) is 0 Å². The second-order valence-electron chi connectivity index (χ2n) is 6.43. The zero-order chi connectivity index (χ0) is 13.6. The molecule has 2 nitrogen and oxygen atoms in total. The first-order chi connectivity index (χ1) is 8.47. The van der Waals surface area contributed by atoms with Crippen molar-refractivity contribution in [3.05, 3.63) is 0 Å². The van der Waals surface area contributed by atoms with E-state index in [0.29, 0.717) is 5.41 Å². The van der Waals surface area contributed by atoms with Crippen molar-refractivity contribution >= 4 is 12.6 Å². The van der Waals surface area contributed by atoms with Crippen LogP contribution in [0.5, 0.6) is 0 Å². The molecule has 1 fully saturated rings. The summed E-state index contributed by atoms with van der Waals surface area (Å²) in [7, 11) is 0. The summed E-state index contributed by atoms with van der Waals surface area (Å²) in [6, 6.07) is 0. The molecule has 0 bridgehead atoms. The first-order valence-corrected chi connectivity index (χ1v) is 8.16. The molecular weight excluding hydrogens is 242 g/mol. The highest BCUT2D eigenvalue weighted by Gasteiger charge is 2.33. The van der Waals surface area contributed by atoms with Gasteiger partial charge < -0.3 is 10.0 Å². The van der Waals surface area contributed by atoms with Crippen LogP contribution in [0.3, 0.4) is 0 Å². The number of likely N-dealkylation sites (tertiary alicyclic amines) is 1. The van der Waals surface area contributed by atoms with E-state index in [4.69, 9.17) is 0 Å². The molecular formula is C15H31NOS. The van der Waals surface area contributed by atoms with Gasteiger partial charge in [-0.25, -0.2) is 0 Å². The summed E-state index contributed by atoms with van der Waals surface area (Å²) in [5, 5.41) is 10.0. The van der Waals surface area contributed by atoms with Crippen LogP contribution in [0, 0.1) is 5.41 Å².